The topological polar surface area (TPSA) is 460 Å². The van der Waals surface area contributed by atoms with Crippen LogP contribution in [0.25, 0.3) is 21.8 Å². The second-order valence-electron chi connectivity index (χ2n) is 25.5. The van der Waals surface area contributed by atoms with Gasteiger partial charge in [0.1, 0.15) is 54.4 Å². The van der Waals surface area contributed by atoms with Crippen molar-refractivity contribution in [3.8, 4) is 0 Å². The first kappa shape index (κ1) is 74.3. The number of hydrogen-bond acceptors (Lipinski definition) is 14. The summed E-state index contributed by atoms with van der Waals surface area (Å²) in [5, 5.41) is 33.4. The van der Waals surface area contributed by atoms with E-state index in [4.69, 9.17) is 22.9 Å². The standard InChI is InChI=1S/C67H93N15O13/c1-36(2)28-49(61(88)79-52(30-39-16-8-7-9-17-39)66(93)82-27-15-23-54(82)64(91)78-50(29-37(3)4)62(89)80-53(67(94)95)32-41-35-73-46-21-13-11-19-43(41)46)76-59(86)47(22-14-26-68)75-65(92)57(38(5)6)81-63(90)51(31-40-34-72-45-20-12-10-18-42(40)45)77-60(87)48(24-25-55(70)83)74-58(85)44(69)33-56(71)84/h7-13,16-21,34-38,44,47-54,57,72-73H,14-15,22-33,68-69H2,1-6H3,(H2,70,83)(H2,71,84)(H,74,85)(H,75,92)(H,76,86)(H,77,87)(H,78,91)(H,79,88)(H,80,89)(H,81,90)(H,94,95)/t44-,47-,48-,49-,50-,51-,52+,53+,54-,57-/m0/s1. The Labute approximate surface area is 551 Å². The van der Waals surface area contributed by atoms with Crippen molar-refractivity contribution >= 4 is 92.8 Å². The first-order chi connectivity index (χ1) is 45.1. The molecule has 0 radical (unpaired) electrons. The first-order valence-corrected chi connectivity index (χ1v) is 32.3. The number of aromatic amines is 2. The normalized spacial score (nSPS) is 15.9. The minimum atomic E-state index is -1.49. The van der Waals surface area contributed by atoms with Crippen molar-refractivity contribution in [1.82, 2.24) is 57.4 Å². The Hall–Kier alpha value is -9.70. The summed E-state index contributed by atoms with van der Waals surface area (Å²) in [6.45, 7) is 10.8. The minimum Gasteiger partial charge on any atom is -0.480 e. The summed E-state index contributed by atoms with van der Waals surface area (Å²) >= 11 is 0. The van der Waals surface area contributed by atoms with Crippen LogP contribution in [0.5, 0.6) is 0 Å². The van der Waals surface area contributed by atoms with E-state index >= 15 is 4.79 Å². The maximum Gasteiger partial charge on any atom is 0.326 e. The number of primary amides is 2. The number of H-pyrrole nitrogens is 2. The van der Waals surface area contributed by atoms with Gasteiger partial charge in [0.25, 0.3) is 0 Å². The molecule has 28 heteroatoms. The highest BCUT2D eigenvalue weighted by atomic mass is 16.4. The molecular weight excluding hydrogens is 1220 g/mol. The zero-order valence-corrected chi connectivity index (χ0v) is 54.7. The Morgan fingerprint density at radius 2 is 1.01 bits per heavy atom. The molecule has 514 valence electrons. The number of aliphatic carboxylic acids is 1. The van der Waals surface area contributed by atoms with Gasteiger partial charge in [-0.1, -0.05) is 108 Å². The Balaban J connectivity index is 1.20. The molecule has 95 heavy (non-hydrogen) atoms. The van der Waals surface area contributed by atoms with Crippen LogP contribution in [0, 0.1) is 17.8 Å². The maximum atomic E-state index is 15.0. The van der Waals surface area contributed by atoms with Gasteiger partial charge in [0, 0.05) is 66.4 Å². The van der Waals surface area contributed by atoms with Gasteiger partial charge in [0.15, 0.2) is 0 Å². The maximum absolute atomic E-state index is 15.0. The van der Waals surface area contributed by atoms with Gasteiger partial charge in [0.2, 0.25) is 65.0 Å². The lowest BCUT2D eigenvalue weighted by atomic mass is 9.98. The molecule has 1 saturated heterocycles. The molecule has 1 aliphatic heterocycles. The van der Waals surface area contributed by atoms with E-state index in [-0.39, 0.29) is 89.1 Å². The van der Waals surface area contributed by atoms with E-state index in [2.05, 4.69) is 52.5 Å². The fourth-order valence-corrected chi connectivity index (χ4v) is 11.6. The summed E-state index contributed by atoms with van der Waals surface area (Å²) in [4.78, 5) is 173. The molecule has 5 aromatic rings. The van der Waals surface area contributed by atoms with Crippen molar-refractivity contribution in [3.63, 3.8) is 0 Å². The van der Waals surface area contributed by atoms with E-state index in [0.717, 1.165) is 10.9 Å². The number of rotatable bonds is 37. The van der Waals surface area contributed by atoms with E-state index in [1.54, 1.807) is 80.8 Å². The number of nitrogens with two attached hydrogens (primary N) is 4. The van der Waals surface area contributed by atoms with E-state index in [0.29, 0.717) is 34.0 Å². The molecule has 2 aromatic heterocycles. The van der Waals surface area contributed by atoms with Gasteiger partial charge in [-0.25, -0.2) is 4.79 Å². The van der Waals surface area contributed by atoms with Crippen LogP contribution < -0.4 is 65.5 Å². The molecule has 0 spiro atoms. The summed E-state index contributed by atoms with van der Waals surface area (Å²) in [7, 11) is 0. The van der Waals surface area contributed by atoms with Crippen LogP contribution >= 0.6 is 0 Å². The van der Waals surface area contributed by atoms with Crippen LogP contribution in [0.15, 0.2) is 91.3 Å². The smallest absolute Gasteiger partial charge is 0.326 e. The number of carbonyl (C=O) groups is 12. The van der Waals surface area contributed by atoms with Crippen molar-refractivity contribution in [2.24, 2.45) is 40.7 Å². The molecule has 0 aliphatic carbocycles. The van der Waals surface area contributed by atoms with E-state index in [1.807, 2.05) is 52.0 Å². The average Bonchev–Trinajstić information content (AvgIpc) is 1.75. The fraction of sp³-hybridized carbons (Fsp3) is 0.493. The number of likely N-dealkylation sites (tertiary alicyclic amines) is 1. The second kappa shape index (κ2) is 35.5. The number of aromatic nitrogens is 2. The lowest BCUT2D eigenvalue weighted by Crippen LogP contribution is -2.61. The van der Waals surface area contributed by atoms with Crippen molar-refractivity contribution in [3.05, 3.63) is 108 Å². The molecule has 0 unspecified atom stereocenters. The lowest BCUT2D eigenvalue weighted by Gasteiger charge is -2.32. The summed E-state index contributed by atoms with van der Waals surface area (Å²) < 4.78 is 0. The number of nitrogens with zero attached hydrogens (tertiary/aromatic N) is 1. The summed E-state index contributed by atoms with van der Waals surface area (Å²) in [6.07, 6.45) is 2.82. The van der Waals surface area contributed by atoms with Crippen molar-refractivity contribution in [2.45, 2.75) is 179 Å². The van der Waals surface area contributed by atoms with Gasteiger partial charge >= 0.3 is 5.97 Å². The number of hydrogen-bond donors (Lipinski definition) is 15. The summed E-state index contributed by atoms with van der Waals surface area (Å²) in [5.41, 5.74) is 25.9. The number of para-hydroxylation sites is 2. The highest BCUT2D eigenvalue weighted by Crippen LogP contribution is 2.24. The number of fused-ring (bicyclic) bond motifs is 2. The number of nitrogens with one attached hydrogen (secondary N) is 10. The largest absolute Gasteiger partial charge is 0.480 e. The quantitative estimate of drug-likeness (QED) is 0.0259. The zero-order valence-electron chi connectivity index (χ0n) is 54.7. The molecule has 3 aromatic carbocycles. The monoisotopic (exact) mass is 1320 g/mol. The highest BCUT2D eigenvalue weighted by molar-refractivity contribution is 6.00. The number of carboxylic acids is 1. The highest BCUT2D eigenvalue weighted by Gasteiger charge is 2.41. The second-order valence-corrected chi connectivity index (χ2v) is 25.5. The predicted molar refractivity (Wildman–Crippen MR) is 354 cm³/mol. The third-order valence-electron chi connectivity index (χ3n) is 16.5. The van der Waals surface area contributed by atoms with Gasteiger partial charge in [0.05, 0.1) is 12.5 Å². The number of carboxylic acid groups (broad SMARTS) is 1. The first-order valence-electron chi connectivity index (χ1n) is 32.3. The van der Waals surface area contributed by atoms with Crippen LogP contribution in [0.1, 0.15) is 116 Å². The van der Waals surface area contributed by atoms with E-state index < -0.39 is 144 Å². The molecule has 11 amide bonds. The number of benzene rings is 3. The summed E-state index contributed by atoms with van der Waals surface area (Å²) in [6, 6.07) is 10.0. The minimum absolute atomic E-state index is 0.0258. The number of amides is 11. The van der Waals surface area contributed by atoms with Crippen LogP contribution in [0.4, 0.5) is 0 Å². The molecule has 1 aliphatic rings. The molecule has 0 saturated carbocycles. The van der Waals surface area contributed by atoms with Crippen molar-refractivity contribution in [2.75, 3.05) is 13.1 Å². The Bertz CT molecular complexity index is 3520. The molecule has 0 bridgehead atoms. The van der Waals surface area contributed by atoms with Gasteiger partial charge in [-0.05, 0) is 98.1 Å². The third-order valence-corrected chi connectivity index (χ3v) is 16.5. The van der Waals surface area contributed by atoms with Crippen molar-refractivity contribution in [1.29, 1.82) is 0 Å². The van der Waals surface area contributed by atoms with Gasteiger partial charge in [-0.2, -0.15) is 0 Å². The molecule has 19 N–H and O–H groups in total. The molecule has 28 nitrogen and oxygen atoms in total. The predicted octanol–water partition coefficient (Wildman–Crippen LogP) is 0.586. The Morgan fingerprint density at radius 3 is 1.55 bits per heavy atom. The fourth-order valence-electron chi connectivity index (χ4n) is 11.6. The van der Waals surface area contributed by atoms with E-state index in [1.165, 1.54) is 4.90 Å². The third kappa shape index (κ3) is 21.9. The van der Waals surface area contributed by atoms with Gasteiger partial charge < -0.3 is 85.4 Å². The Morgan fingerprint density at radius 1 is 0.537 bits per heavy atom. The molecule has 1 fully saturated rings. The van der Waals surface area contributed by atoms with Gasteiger partial charge in [-0.15, -0.1) is 0 Å². The SMILES string of the molecule is CC(C)C[C@H](NC(=O)[C@H](CCCN)NC(=O)[C@@H](NC(=O)[C@H](Cc1c[nH]c2ccccc12)NC(=O)[C@H](CCC(N)=O)NC(=O)[C@@H](N)CC(N)=O)C(C)C)C(=O)N[C@H](Cc1ccccc1)C(=O)N1CCC[C@H]1C(=O)N[C@@H](CC(C)C)C(=O)N[C@H](Cc1c[nH]c2ccccc12)C(=O)O. The lowest BCUT2D eigenvalue weighted by molar-refractivity contribution is -0.143. The van der Waals surface area contributed by atoms with Crippen LogP contribution in [0.2, 0.25) is 0 Å². The van der Waals surface area contributed by atoms with Crippen molar-refractivity contribution < 1.29 is 62.6 Å². The molecule has 6 rings (SSSR count). The zero-order chi connectivity index (χ0) is 69.6. The molecule has 10 atom stereocenters. The molecule has 3 heterocycles. The van der Waals surface area contributed by atoms with E-state index in [9.17, 15) is 57.8 Å². The van der Waals surface area contributed by atoms with Crippen LogP contribution in [-0.2, 0) is 76.8 Å². The Kier molecular flexibility index (Phi) is 27.8. The van der Waals surface area contributed by atoms with Crippen LogP contribution in [-0.4, -0.2) is 164 Å². The number of carbonyl (C=O) groups excluding carboxylic acids is 11. The van der Waals surface area contributed by atoms with Crippen LogP contribution in [0.3, 0.4) is 0 Å². The van der Waals surface area contributed by atoms with Gasteiger partial charge in [-0.3, -0.25) is 52.7 Å². The average molecular weight is 1320 g/mol. The molecular formula is C67H93N15O13. The summed E-state index contributed by atoms with van der Waals surface area (Å²) in [5.74, 6) is -11.1.